The van der Waals surface area contributed by atoms with Crippen LogP contribution in [0.5, 0.6) is 0 Å². The van der Waals surface area contributed by atoms with E-state index in [-0.39, 0.29) is 0 Å². The SMILES string of the molecule is CCSCCC(CN)NCC(C)C. The Bertz CT molecular complexity index is 107. The van der Waals surface area contributed by atoms with Gasteiger partial charge in [-0.25, -0.2) is 0 Å². The van der Waals surface area contributed by atoms with Crippen LogP contribution in [-0.2, 0) is 0 Å². The van der Waals surface area contributed by atoms with E-state index < -0.39 is 0 Å². The predicted octanol–water partition coefficient (Wildman–Crippen LogP) is 1.70. The van der Waals surface area contributed by atoms with E-state index in [2.05, 4.69) is 26.1 Å². The van der Waals surface area contributed by atoms with Gasteiger partial charge in [0, 0.05) is 12.6 Å². The number of nitrogens with two attached hydrogens (primary N) is 1. The molecule has 3 N–H and O–H groups in total. The average molecular weight is 204 g/mol. The van der Waals surface area contributed by atoms with E-state index in [1.807, 2.05) is 11.8 Å². The average Bonchev–Trinajstić information content (AvgIpc) is 2.10. The lowest BCUT2D eigenvalue weighted by molar-refractivity contribution is 0.460. The van der Waals surface area contributed by atoms with E-state index in [9.17, 15) is 0 Å². The molecule has 0 aliphatic carbocycles. The Balaban J connectivity index is 3.39. The second kappa shape index (κ2) is 8.85. The molecule has 1 unspecified atom stereocenters. The Kier molecular flexibility index (Phi) is 9.03. The van der Waals surface area contributed by atoms with Gasteiger partial charge in [-0.2, -0.15) is 11.8 Å². The summed E-state index contributed by atoms with van der Waals surface area (Å²) in [6.45, 7) is 8.49. The van der Waals surface area contributed by atoms with E-state index in [0.717, 1.165) is 13.1 Å². The molecule has 1 atom stereocenters. The van der Waals surface area contributed by atoms with Crippen LogP contribution in [0.4, 0.5) is 0 Å². The number of nitrogens with one attached hydrogen (secondary N) is 1. The van der Waals surface area contributed by atoms with Gasteiger partial charge in [0.2, 0.25) is 0 Å². The second-order valence-electron chi connectivity index (χ2n) is 3.72. The number of thioether (sulfide) groups is 1. The van der Waals surface area contributed by atoms with Gasteiger partial charge in [0.1, 0.15) is 0 Å². The third-order valence-corrected chi connectivity index (χ3v) is 2.85. The number of rotatable bonds is 8. The quantitative estimate of drug-likeness (QED) is 0.591. The van der Waals surface area contributed by atoms with Crippen molar-refractivity contribution in [3.8, 4) is 0 Å². The highest BCUT2D eigenvalue weighted by Crippen LogP contribution is 2.03. The van der Waals surface area contributed by atoms with Gasteiger partial charge in [-0.15, -0.1) is 0 Å². The summed E-state index contributed by atoms with van der Waals surface area (Å²) in [5.41, 5.74) is 5.67. The molecule has 0 aromatic carbocycles. The molecule has 0 saturated carbocycles. The third kappa shape index (κ3) is 8.60. The Morgan fingerprint density at radius 2 is 2.08 bits per heavy atom. The van der Waals surface area contributed by atoms with Gasteiger partial charge in [0.25, 0.3) is 0 Å². The monoisotopic (exact) mass is 204 g/mol. The van der Waals surface area contributed by atoms with Crippen molar-refractivity contribution < 1.29 is 0 Å². The van der Waals surface area contributed by atoms with E-state index in [4.69, 9.17) is 5.73 Å². The van der Waals surface area contributed by atoms with Crippen LogP contribution < -0.4 is 11.1 Å². The zero-order valence-electron chi connectivity index (χ0n) is 9.18. The van der Waals surface area contributed by atoms with Gasteiger partial charge in [-0.1, -0.05) is 20.8 Å². The molecule has 0 spiro atoms. The van der Waals surface area contributed by atoms with Gasteiger partial charge < -0.3 is 11.1 Å². The first-order valence-corrected chi connectivity index (χ1v) is 6.37. The maximum absolute atomic E-state index is 5.67. The number of hydrogen-bond acceptors (Lipinski definition) is 3. The molecule has 0 bridgehead atoms. The van der Waals surface area contributed by atoms with Crippen LogP contribution in [0.15, 0.2) is 0 Å². The summed E-state index contributed by atoms with van der Waals surface area (Å²) in [4.78, 5) is 0. The Morgan fingerprint density at radius 1 is 1.38 bits per heavy atom. The summed E-state index contributed by atoms with van der Waals surface area (Å²) in [5, 5.41) is 3.49. The van der Waals surface area contributed by atoms with Crippen LogP contribution in [-0.4, -0.2) is 30.6 Å². The molecule has 0 aromatic rings. The van der Waals surface area contributed by atoms with Crippen LogP contribution in [0, 0.1) is 5.92 Å². The van der Waals surface area contributed by atoms with Crippen molar-refractivity contribution in [2.24, 2.45) is 11.7 Å². The van der Waals surface area contributed by atoms with Gasteiger partial charge in [0.05, 0.1) is 0 Å². The smallest absolute Gasteiger partial charge is 0.0198 e. The highest BCUT2D eigenvalue weighted by Gasteiger charge is 2.05. The Morgan fingerprint density at radius 3 is 2.54 bits per heavy atom. The molecule has 0 fully saturated rings. The third-order valence-electron chi connectivity index (χ3n) is 1.91. The molecule has 2 nitrogen and oxygen atoms in total. The van der Waals surface area contributed by atoms with E-state index >= 15 is 0 Å². The molecule has 0 aromatic heterocycles. The summed E-state index contributed by atoms with van der Waals surface area (Å²) in [6, 6.07) is 0.515. The molecule has 0 heterocycles. The molecule has 0 radical (unpaired) electrons. The molecule has 0 rings (SSSR count). The first kappa shape index (κ1) is 13.3. The maximum atomic E-state index is 5.67. The summed E-state index contributed by atoms with van der Waals surface area (Å²) < 4.78 is 0. The van der Waals surface area contributed by atoms with Crippen molar-refractivity contribution in [3.05, 3.63) is 0 Å². The van der Waals surface area contributed by atoms with Crippen molar-refractivity contribution in [2.75, 3.05) is 24.6 Å². The lowest BCUT2D eigenvalue weighted by atomic mass is 10.2. The minimum Gasteiger partial charge on any atom is -0.329 e. The predicted molar refractivity (Wildman–Crippen MR) is 63.3 cm³/mol. The molecular formula is C10H24N2S. The Hall–Kier alpha value is 0.270. The zero-order valence-corrected chi connectivity index (χ0v) is 9.99. The fourth-order valence-electron chi connectivity index (χ4n) is 1.08. The summed E-state index contributed by atoms with van der Waals surface area (Å²) in [7, 11) is 0. The highest BCUT2D eigenvalue weighted by atomic mass is 32.2. The van der Waals surface area contributed by atoms with Gasteiger partial charge in [0.15, 0.2) is 0 Å². The lowest BCUT2D eigenvalue weighted by Gasteiger charge is -2.17. The standard InChI is InChI=1S/C10H24N2S/c1-4-13-6-5-10(7-11)12-8-9(2)3/h9-10,12H,4-8,11H2,1-3H3. The van der Waals surface area contributed by atoms with Crippen LogP contribution in [0.2, 0.25) is 0 Å². The highest BCUT2D eigenvalue weighted by molar-refractivity contribution is 7.99. The molecule has 80 valence electrons. The van der Waals surface area contributed by atoms with Crippen molar-refractivity contribution in [3.63, 3.8) is 0 Å². The fourth-order valence-corrected chi connectivity index (χ4v) is 1.82. The normalized spacial score (nSPS) is 13.6. The van der Waals surface area contributed by atoms with E-state index in [0.29, 0.717) is 12.0 Å². The van der Waals surface area contributed by atoms with Crippen molar-refractivity contribution >= 4 is 11.8 Å². The van der Waals surface area contributed by atoms with Gasteiger partial charge in [-0.3, -0.25) is 0 Å². The topological polar surface area (TPSA) is 38.0 Å². The zero-order chi connectivity index (χ0) is 10.1. The second-order valence-corrected chi connectivity index (χ2v) is 5.11. The minimum atomic E-state index is 0.515. The van der Waals surface area contributed by atoms with Crippen molar-refractivity contribution in [2.45, 2.75) is 33.2 Å². The van der Waals surface area contributed by atoms with E-state index in [1.54, 1.807) is 0 Å². The van der Waals surface area contributed by atoms with E-state index in [1.165, 1.54) is 17.9 Å². The summed E-state index contributed by atoms with van der Waals surface area (Å²) in [6.07, 6.45) is 1.20. The molecule has 0 saturated heterocycles. The molecule has 13 heavy (non-hydrogen) atoms. The minimum absolute atomic E-state index is 0.515. The molecule has 0 amide bonds. The Labute approximate surface area is 87.0 Å². The first-order valence-electron chi connectivity index (χ1n) is 5.21. The van der Waals surface area contributed by atoms with Crippen molar-refractivity contribution in [1.82, 2.24) is 5.32 Å². The summed E-state index contributed by atoms with van der Waals surface area (Å²) >= 11 is 1.99. The van der Waals surface area contributed by atoms with Crippen LogP contribution in [0.1, 0.15) is 27.2 Å². The molecule has 0 aliphatic heterocycles. The summed E-state index contributed by atoms with van der Waals surface area (Å²) in [5.74, 6) is 3.15. The van der Waals surface area contributed by atoms with Crippen LogP contribution >= 0.6 is 11.8 Å². The number of hydrogen-bond donors (Lipinski definition) is 2. The largest absolute Gasteiger partial charge is 0.329 e. The lowest BCUT2D eigenvalue weighted by Crippen LogP contribution is -2.38. The van der Waals surface area contributed by atoms with Gasteiger partial charge in [-0.05, 0) is 30.4 Å². The van der Waals surface area contributed by atoms with Crippen molar-refractivity contribution in [1.29, 1.82) is 0 Å². The molecule has 3 heteroatoms. The maximum Gasteiger partial charge on any atom is 0.0198 e. The van der Waals surface area contributed by atoms with Crippen LogP contribution in [0.3, 0.4) is 0 Å². The molecule has 0 aliphatic rings. The first-order chi connectivity index (χ1) is 6.20. The van der Waals surface area contributed by atoms with Gasteiger partial charge >= 0.3 is 0 Å². The van der Waals surface area contributed by atoms with Crippen LogP contribution in [0.25, 0.3) is 0 Å². The fraction of sp³-hybridized carbons (Fsp3) is 1.00. The molecular weight excluding hydrogens is 180 g/mol.